The number of aryl methyl sites for hydroxylation is 1. The summed E-state index contributed by atoms with van der Waals surface area (Å²) >= 11 is 35.3. The van der Waals surface area contributed by atoms with Crippen LogP contribution in [0, 0.1) is 41.4 Å². The summed E-state index contributed by atoms with van der Waals surface area (Å²) in [5.41, 5.74) is 1.87. The van der Waals surface area contributed by atoms with Gasteiger partial charge in [-0.2, -0.15) is 4.73 Å². The summed E-state index contributed by atoms with van der Waals surface area (Å²) in [6.07, 6.45) is 16.0. The summed E-state index contributed by atoms with van der Waals surface area (Å²) in [7, 11) is 0. The van der Waals surface area contributed by atoms with Gasteiger partial charge in [-0.15, -0.1) is 69.6 Å². The Hall–Kier alpha value is 0.120. The second kappa shape index (κ2) is 16.0. The van der Waals surface area contributed by atoms with Crippen LogP contribution in [0.25, 0.3) is 0 Å². The number of halogens is 6. The molecule has 0 unspecified atom stereocenters. The lowest BCUT2D eigenvalue weighted by molar-refractivity contribution is -0.142. The first-order valence-corrected chi connectivity index (χ1v) is 20.7. The highest BCUT2D eigenvalue weighted by atomic mass is 35.5. The van der Waals surface area contributed by atoms with Crippen molar-refractivity contribution in [2.45, 2.75) is 155 Å². The molecule has 6 aliphatic rings. The van der Waals surface area contributed by atoms with Crippen molar-refractivity contribution in [3.8, 4) is 0 Å². The first kappa shape index (κ1) is 39.3. The standard InChI is InChI=1S/C19H30O2.C12H17NO2.C6H6Cl6/c1-18-9-7-13(20)11-12(18)3-4-14-15-5-6-17(21)19(15,2)10-8-16(14)18;1-9-7-11(13(15)12(14)8-9)10-5-3-2-4-6-10;7-1-2(8)4(10)6(12)5(11)3(1)9/h12-16,20H,3-11H2,1-2H3;7-8,10,15H,2-6H2,1H3;1-6H/t12-,13+,14-,15-,16-,18-,19-;;1-,2-,3-,4+,5+,6+/m0../s1. The van der Waals surface area contributed by atoms with Crippen molar-refractivity contribution >= 4 is 75.4 Å². The zero-order valence-corrected chi connectivity index (χ0v) is 32.9. The number of carbonyl (C=O) groups is 1. The number of aliphatic hydroxyl groups excluding tert-OH is 1. The molecule has 6 saturated carbocycles. The van der Waals surface area contributed by atoms with Gasteiger partial charge in [-0.25, -0.2) is 0 Å². The molecular weight excluding hydrogens is 735 g/mol. The molecule has 6 aliphatic carbocycles. The number of pyridine rings is 1. The van der Waals surface area contributed by atoms with Gasteiger partial charge in [-0.1, -0.05) is 33.1 Å². The maximum absolute atomic E-state index is 12.4. The Morgan fingerprint density at radius 2 is 1.31 bits per heavy atom. The van der Waals surface area contributed by atoms with Crippen LogP contribution in [-0.4, -0.2) is 59.2 Å². The average molecular weight is 789 g/mol. The number of aliphatic hydroxyl groups is 1. The van der Waals surface area contributed by atoms with E-state index < -0.39 is 32.3 Å². The zero-order valence-electron chi connectivity index (χ0n) is 28.4. The van der Waals surface area contributed by atoms with E-state index in [1.807, 2.05) is 13.0 Å². The minimum absolute atomic E-state index is 0.0124. The normalized spacial score (nSPS) is 44.2. The molecule has 1 heterocycles. The number of hydrogen-bond acceptors (Lipinski definition) is 4. The number of carbonyl (C=O) groups excluding carboxylic acids is 1. The Balaban J connectivity index is 0.000000148. The van der Waals surface area contributed by atoms with E-state index in [4.69, 9.17) is 69.6 Å². The van der Waals surface area contributed by atoms with Gasteiger partial charge in [0.05, 0.1) is 44.1 Å². The average Bonchev–Trinajstić information content (AvgIpc) is 3.38. The molecule has 7 atom stereocenters. The largest absolute Gasteiger partial charge is 0.425 e. The molecule has 0 spiro atoms. The molecule has 0 amide bonds. The minimum Gasteiger partial charge on any atom is -0.425 e. The monoisotopic (exact) mass is 785 g/mol. The summed E-state index contributed by atoms with van der Waals surface area (Å²) in [6, 6.07) is 3.39. The topological polar surface area (TPSA) is 79.5 Å². The molecule has 2 N–H and O–H groups in total. The van der Waals surface area contributed by atoms with E-state index in [2.05, 4.69) is 13.8 Å². The van der Waals surface area contributed by atoms with Crippen molar-refractivity contribution in [1.82, 2.24) is 4.73 Å². The van der Waals surface area contributed by atoms with Crippen LogP contribution in [-0.2, 0) is 4.79 Å². The van der Waals surface area contributed by atoms with E-state index in [1.165, 1.54) is 51.0 Å². The molecule has 11 heteroatoms. The van der Waals surface area contributed by atoms with Gasteiger partial charge in [-0.3, -0.25) is 9.59 Å². The fraction of sp³-hybridized carbons (Fsp3) is 0.838. The van der Waals surface area contributed by atoms with Crippen molar-refractivity contribution in [3.05, 3.63) is 33.7 Å². The number of rotatable bonds is 1. The molecule has 0 saturated heterocycles. The van der Waals surface area contributed by atoms with Gasteiger partial charge in [0.1, 0.15) is 5.78 Å². The maximum atomic E-state index is 12.4. The molecule has 0 radical (unpaired) electrons. The lowest BCUT2D eigenvalue weighted by atomic mass is 9.45. The van der Waals surface area contributed by atoms with Gasteiger partial charge < -0.3 is 10.3 Å². The lowest BCUT2D eigenvalue weighted by Gasteiger charge is -2.60. The molecule has 6 fully saturated rings. The molecule has 5 nitrogen and oxygen atoms in total. The van der Waals surface area contributed by atoms with Gasteiger partial charge in [0.25, 0.3) is 5.56 Å². The number of aromatic nitrogens is 1. The van der Waals surface area contributed by atoms with Crippen LogP contribution in [0.4, 0.5) is 0 Å². The summed E-state index contributed by atoms with van der Waals surface area (Å²) in [5, 5.41) is 17.1. The van der Waals surface area contributed by atoms with Crippen molar-refractivity contribution in [2.75, 3.05) is 0 Å². The molecular formula is C37H53Cl6NO4. The van der Waals surface area contributed by atoms with Crippen LogP contribution in [0.3, 0.4) is 0 Å². The quantitative estimate of drug-likeness (QED) is 0.220. The SMILES string of the molecule is C[C@]12CC[C@@H](O)C[C@@H]1CC[C@@H]1[C@@H]2CC[C@]2(C)C(=O)CC[C@@H]12.Cc1cc(C2CCCCC2)n(O)c(=O)c1.Cl[C@H]1[C@H](Cl)[C@@H](Cl)[C@@H](Cl)[C@H](Cl)[C@H]1Cl. The Labute approximate surface area is 316 Å². The third-order valence-corrected chi connectivity index (χ3v) is 17.4. The Morgan fingerprint density at radius 3 is 1.90 bits per heavy atom. The zero-order chi connectivity index (χ0) is 35.1. The fourth-order valence-electron chi connectivity index (χ4n) is 10.5. The van der Waals surface area contributed by atoms with Crippen LogP contribution >= 0.6 is 69.6 Å². The lowest BCUT2D eigenvalue weighted by Crippen LogP contribution is -2.54. The molecule has 0 aromatic carbocycles. The van der Waals surface area contributed by atoms with E-state index in [9.17, 15) is 19.9 Å². The first-order valence-electron chi connectivity index (χ1n) is 18.1. The molecule has 1 aromatic heterocycles. The number of fused-ring (bicyclic) bond motifs is 5. The van der Waals surface area contributed by atoms with E-state index in [0.717, 1.165) is 78.7 Å². The van der Waals surface area contributed by atoms with Crippen LogP contribution in [0.15, 0.2) is 16.9 Å². The molecule has 1 aromatic rings. The van der Waals surface area contributed by atoms with Gasteiger partial charge in [0, 0.05) is 23.8 Å². The highest BCUT2D eigenvalue weighted by Gasteiger charge is 2.60. The Kier molecular flexibility index (Phi) is 13.1. The molecule has 272 valence electrons. The Morgan fingerprint density at radius 1 is 0.729 bits per heavy atom. The van der Waals surface area contributed by atoms with Crippen LogP contribution in [0.1, 0.15) is 121 Å². The van der Waals surface area contributed by atoms with Gasteiger partial charge >= 0.3 is 0 Å². The van der Waals surface area contributed by atoms with Gasteiger partial charge in [0.2, 0.25) is 0 Å². The minimum atomic E-state index is -0.437. The maximum Gasteiger partial charge on any atom is 0.283 e. The number of hydrogen-bond donors (Lipinski definition) is 2. The van der Waals surface area contributed by atoms with Crippen molar-refractivity contribution in [2.24, 2.45) is 34.5 Å². The predicted octanol–water partition coefficient (Wildman–Crippen LogP) is 10.0. The summed E-state index contributed by atoms with van der Waals surface area (Å²) < 4.78 is 0.822. The van der Waals surface area contributed by atoms with Crippen LogP contribution < -0.4 is 5.56 Å². The molecule has 7 rings (SSSR count). The smallest absolute Gasteiger partial charge is 0.283 e. The molecule has 48 heavy (non-hydrogen) atoms. The van der Waals surface area contributed by atoms with Crippen LogP contribution in [0.2, 0.25) is 0 Å². The van der Waals surface area contributed by atoms with E-state index in [-0.39, 0.29) is 17.1 Å². The predicted molar refractivity (Wildman–Crippen MR) is 199 cm³/mol. The van der Waals surface area contributed by atoms with Crippen LogP contribution in [0.5, 0.6) is 0 Å². The van der Waals surface area contributed by atoms with Gasteiger partial charge in [0.15, 0.2) is 0 Å². The van der Waals surface area contributed by atoms with E-state index >= 15 is 0 Å². The van der Waals surface area contributed by atoms with E-state index in [0.29, 0.717) is 23.0 Å². The second-order valence-corrected chi connectivity index (χ2v) is 19.1. The second-order valence-electron chi connectivity index (χ2n) is 16.1. The van der Waals surface area contributed by atoms with Crippen molar-refractivity contribution in [1.29, 1.82) is 0 Å². The van der Waals surface area contributed by atoms with Crippen molar-refractivity contribution in [3.63, 3.8) is 0 Å². The number of alkyl halides is 6. The molecule has 0 aliphatic heterocycles. The number of Topliss-reactive ketones (excluding diaryl/α,β-unsaturated/α-hetero) is 1. The first-order chi connectivity index (χ1) is 22.6. The third-order valence-electron chi connectivity index (χ3n) is 13.4. The van der Waals surface area contributed by atoms with Crippen molar-refractivity contribution < 1.29 is 15.1 Å². The Bertz CT molecular complexity index is 1280. The third kappa shape index (κ3) is 7.74. The highest BCUT2D eigenvalue weighted by molar-refractivity contribution is 6.45. The summed E-state index contributed by atoms with van der Waals surface area (Å²) in [5.74, 6) is 3.89. The van der Waals surface area contributed by atoms with Gasteiger partial charge in [-0.05, 0) is 112 Å². The molecule has 0 bridgehead atoms. The summed E-state index contributed by atoms with van der Waals surface area (Å²) in [6.45, 7) is 6.68. The summed E-state index contributed by atoms with van der Waals surface area (Å²) in [4.78, 5) is 23.8. The number of nitrogens with zero attached hydrogens (tertiary/aromatic N) is 1. The number of ketones is 1. The fourth-order valence-corrected chi connectivity index (χ4v) is 12.8. The highest BCUT2D eigenvalue weighted by Crippen LogP contribution is 2.65. The van der Waals surface area contributed by atoms with E-state index in [1.54, 1.807) is 0 Å².